The Morgan fingerprint density at radius 3 is 2.71 bits per heavy atom. The van der Waals surface area contributed by atoms with Crippen molar-refractivity contribution in [1.82, 2.24) is 5.32 Å². The molecule has 0 aromatic heterocycles. The third-order valence-corrected chi connectivity index (χ3v) is 4.48. The summed E-state index contributed by atoms with van der Waals surface area (Å²) >= 11 is 9.53. The van der Waals surface area contributed by atoms with Crippen LogP contribution in [0.3, 0.4) is 0 Å². The third kappa shape index (κ3) is 2.47. The lowest BCUT2D eigenvalue weighted by atomic mass is 9.64. The average Bonchev–Trinajstić information content (AvgIpc) is 2.26. The van der Waals surface area contributed by atoms with Crippen LogP contribution in [0.15, 0.2) is 22.7 Å². The van der Waals surface area contributed by atoms with Gasteiger partial charge >= 0.3 is 0 Å². The summed E-state index contributed by atoms with van der Waals surface area (Å²) in [6, 6.07) is 6.23. The maximum absolute atomic E-state index is 6.15. The minimum Gasteiger partial charge on any atom is -0.488 e. The second-order valence-electron chi connectivity index (χ2n) is 5.08. The third-order valence-electron chi connectivity index (χ3n) is 3.69. The van der Waals surface area contributed by atoms with Crippen LogP contribution in [-0.2, 0) is 0 Å². The minimum atomic E-state index is 0.144. The van der Waals surface area contributed by atoms with E-state index in [2.05, 4.69) is 35.1 Å². The monoisotopic (exact) mass is 317 g/mol. The molecule has 2 rings (SSSR count). The van der Waals surface area contributed by atoms with E-state index in [1.165, 1.54) is 0 Å². The Morgan fingerprint density at radius 2 is 2.18 bits per heavy atom. The molecule has 1 aliphatic carbocycles. The van der Waals surface area contributed by atoms with E-state index in [0.29, 0.717) is 11.1 Å². The maximum atomic E-state index is 6.15. The van der Waals surface area contributed by atoms with Crippen LogP contribution in [-0.4, -0.2) is 19.2 Å². The summed E-state index contributed by atoms with van der Waals surface area (Å²) < 4.78 is 6.96. The van der Waals surface area contributed by atoms with Gasteiger partial charge in [0, 0.05) is 22.4 Å². The van der Waals surface area contributed by atoms with Crippen molar-refractivity contribution in [3.05, 3.63) is 27.7 Å². The van der Waals surface area contributed by atoms with Crippen LogP contribution in [0.4, 0.5) is 0 Å². The van der Waals surface area contributed by atoms with Gasteiger partial charge in [-0.1, -0.05) is 41.4 Å². The van der Waals surface area contributed by atoms with E-state index in [1.807, 2.05) is 25.2 Å². The van der Waals surface area contributed by atoms with E-state index in [9.17, 15) is 0 Å². The zero-order chi connectivity index (χ0) is 12.6. The average molecular weight is 319 g/mol. The van der Waals surface area contributed by atoms with Crippen molar-refractivity contribution >= 4 is 27.5 Å². The molecule has 2 nitrogen and oxygen atoms in total. The highest BCUT2D eigenvalue weighted by molar-refractivity contribution is 9.10. The predicted molar refractivity (Wildman–Crippen MR) is 74.8 cm³/mol. The van der Waals surface area contributed by atoms with E-state index in [4.69, 9.17) is 16.3 Å². The summed E-state index contributed by atoms with van der Waals surface area (Å²) in [4.78, 5) is 0. The lowest BCUT2D eigenvalue weighted by molar-refractivity contribution is -0.0520. The van der Waals surface area contributed by atoms with E-state index in [1.54, 1.807) is 0 Å². The van der Waals surface area contributed by atoms with Crippen molar-refractivity contribution in [3.63, 3.8) is 0 Å². The number of benzene rings is 1. The highest BCUT2D eigenvalue weighted by Crippen LogP contribution is 2.44. The molecule has 0 bridgehead atoms. The Morgan fingerprint density at radius 1 is 1.47 bits per heavy atom. The molecular formula is C13H17BrClNO. The van der Waals surface area contributed by atoms with Crippen LogP contribution >= 0.6 is 27.5 Å². The van der Waals surface area contributed by atoms with Gasteiger partial charge in [-0.15, -0.1) is 0 Å². The first kappa shape index (κ1) is 13.2. The fourth-order valence-corrected chi connectivity index (χ4v) is 3.02. The number of halogens is 2. The summed E-state index contributed by atoms with van der Waals surface area (Å²) in [5.74, 6) is 0.766. The Balaban J connectivity index is 2.08. The molecule has 17 heavy (non-hydrogen) atoms. The maximum Gasteiger partial charge on any atom is 0.138 e. The zero-order valence-corrected chi connectivity index (χ0v) is 12.6. The van der Waals surface area contributed by atoms with Gasteiger partial charge in [0.25, 0.3) is 0 Å². The molecule has 0 aliphatic heterocycles. The molecule has 94 valence electrons. The summed E-state index contributed by atoms with van der Waals surface area (Å²) in [7, 11) is 2.00. The standard InChI is InChI=1S/C13H17BrClNO/c1-13(2)11(16-3)7-12(13)17-10-5-4-8(14)6-9(10)15/h4-6,11-12,16H,7H2,1-3H3. The molecular weight excluding hydrogens is 302 g/mol. The minimum absolute atomic E-state index is 0.144. The molecule has 2 atom stereocenters. The Labute approximate surface area is 116 Å². The molecule has 1 aromatic rings. The molecule has 1 aromatic carbocycles. The van der Waals surface area contributed by atoms with E-state index < -0.39 is 0 Å². The van der Waals surface area contributed by atoms with Crippen LogP contribution in [0, 0.1) is 5.41 Å². The molecule has 0 spiro atoms. The van der Waals surface area contributed by atoms with Gasteiger partial charge in [-0.3, -0.25) is 0 Å². The smallest absolute Gasteiger partial charge is 0.138 e. The highest BCUT2D eigenvalue weighted by Gasteiger charge is 2.49. The molecule has 1 N–H and O–H groups in total. The Bertz CT molecular complexity index is 422. The van der Waals surface area contributed by atoms with Crippen LogP contribution in [0.5, 0.6) is 5.75 Å². The second kappa shape index (κ2) is 4.79. The fourth-order valence-electron chi connectivity index (χ4n) is 2.30. The van der Waals surface area contributed by atoms with Crippen LogP contribution < -0.4 is 10.1 Å². The van der Waals surface area contributed by atoms with Gasteiger partial charge in [0.15, 0.2) is 0 Å². The summed E-state index contributed by atoms with van der Waals surface area (Å²) in [5, 5.41) is 3.97. The Hall–Kier alpha value is -0.250. The molecule has 1 fully saturated rings. The molecule has 4 heteroatoms. The first-order valence-electron chi connectivity index (χ1n) is 5.74. The summed E-state index contributed by atoms with van der Waals surface area (Å²) in [6.07, 6.45) is 1.24. The molecule has 1 aliphatic rings. The van der Waals surface area contributed by atoms with Crippen molar-refractivity contribution < 1.29 is 4.74 Å². The summed E-state index contributed by atoms with van der Waals surface area (Å²) in [5.41, 5.74) is 0.144. The fraction of sp³-hybridized carbons (Fsp3) is 0.538. The van der Waals surface area contributed by atoms with Gasteiger partial charge in [-0.25, -0.2) is 0 Å². The van der Waals surface area contributed by atoms with Gasteiger partial charge < -0.3 is 10.1 Å². The number of nitrogens with one attached hydrogen (secondary N) is 1. The second-order valence-corrected chi connectivity index (χ2v) is 6.40. The number of ether oxygens (including phenoxy) is 1. The lowest BCUT2D eigenvalue weighted by Gasteiger charge is -2.51. The molecule has 0 saturated heterocycles. The van der Waals surface area contributed by atoms with Gasteiger partial charge in [0.2, 0.25) is 0 Å². The van der Waals surface area contributed by atoms with Gasteiger partial charge in [0.1, 0.15) is 11.9 Å². The number of rotatable bonds is 3. The van der Waals surface area contributed by atoms with Crippen molar-refractivity contribution in [2.45, 2.75) is 32.4 Å². The lowest BCUT2D eigenvalue weighted by Crippen LogP contribution is -2.61. The zero-order valence-electron chi connectivity index (χ0n) is 10.3. The topological polar surface area (TPSA) is 21.3 Å². The van der Waals surface area contributed by atoms with Crippen molar-refractivity contribution in [2.24, 2.45) is 5.41 Å². The van der Waals surface area contributed by atoms with Gasteiger partial charge in [-0.05, 0) is 25.2 Å². The largest absolute Gasteiger partial charge is 0.488 e. The van der Waals surface area contributed by atoms with Crippen molar-refractivity contribution in [2.75, 3.05) is 7.05 Å². The van der Waals surface area contributed by atoms with Gasteiger partial charge in [-0.2, -0.15) is 0 Å². The van der Waals surface area contributed by atoms with Crippen LogP contribution in [0.25, 0.3) is 0 Å². The number of hydrogen-bond donors (Lipinski definition) is 1. The van der Waals surface area contributed by atoms with Crippen LogP contribution in [0.1, 0.15) is 20.3 Å². The van der Waals surface area contributed by atoms with Crippen molar-refractivity contribution in [3.8, 4) is 5.75 Å². The molecule has 0 heterocycles. The molecule has 1 saturated carbocycles. The SMILES string of the molecule is CNC1CC(Oc2ccc(Br)cc2Cl)C1(C)C. The normalized spacial score (nSPS) is 26.4. The molecule has 0 radical (unpaired) electrons. The molecule has 2 unspecified atom stereocenters. The van der Waals surface area contributed by atoms with E-state index in [-0.39, 0.29) is 11.5 Å². The van der Waals surface area contributed by atoms with Gasteiger partial charge in [0.05, 0.1) is 5.02 Å². The van der Waals surface area contributed by atoms with Crippen molar-refractivity contribution in [1.29, 1.82) is 0 Å². The van der Waals surface area contributed by atoms with E-state index in [0.717, 1.165) is 16.6 Å². The first-order chi connectivity index (χ1) is 7.95. The Kier molecular flexibility index (Phi) is 3.71. The number of hydrogen-bond acceptors (Lipinski definition) is 2. The quantitative estimate of drug-likeness (QED) is 0.913. The predicted octanol–water partition coefficient (Wildman–Crippen LogP) is 3.87. The highest BCUT2D eigenvalue weighted by atomic mass is 79.9. The van der Waals surface area contributed by atoms with Crippen LogP contribution in [0.2, 0.25) is 5.02 Å². The van der Waals surface area contributed by atoms with E-state index >= 15 is 0 Å². The molecule has 0 amide bonds. The summed E-state index contributed by atoms with van der Waals surface area (Å²) in [6.45, 7) is 4.43. The first-order valence-corrected chi connectivity index (χ1v) is 6.91.